The van der Waals surface area contributed by atoms with Crippen molar-refractivity contribution in [3.8, 4) is 0 Å². The van der Waals surface area contributed by atoms with Crippen molar-refractivity contribution in [3.63, 3.8) is 0 Å². The second kappa shape index (κ2) is 5.98. The van der Waals surface area contributed by atoms with E-state index in [2.05, 4.69) is 13.8 Å². The fourth-order valence-corrected chi connectivity index (χ4v) is 2.73. The van der Waals surface area contributed by atoms with E-state index in [-0.39, 0.29) is 23.1 Å². The van der Waals surface area contributed by atoms with Crippen molar-refractivity contribution in [1.29, 1.82) is 0 Å². The highest BCUT2D eigenvalue weighted by molar-refractivity contribution is 5.94. The molecule has 1 aliphatic rings. The van der Waals surface area contributed by atoms with Crippen LogP contribution in [0.3, 0.4) is 0 Å². The van der Waals surface area contributed by atoms with E-state index < -0.39 is 0 Å². The van der Waals surface area contributed by atoms with E-state index in [9.17, 15) is 9.59 Å². The van der Waals surface area contributed by atoms with Crippen LogP contribution >= 0.6 is 0 Å². The summed E-state index contributed by atoms with van der Waals surface area (Å²) >= 11 is 0. The molecule has 2 N–H and O–H groups in total. The number of carbonyl (C=O) groups excluding carboxylic acids is 2. The van der Waals surface area contributed by atoms with E-state index >= 15 is 0 Å². The van der Waals surface area contributed by atoms with E-state index in [1.165, 1.54) is 0 Å². The molecule has 1 atom stereocenters. The number of amides is 1. The van der Waals surface area contributed by atoms with Crippen molar-refractivity contribution in [2.45, 2.75) is 39.7 Å². The van der Waals surface area contributed by atoms with Crippen LogP contribution in [0.2, 0.25) is 0 Å². The topological polar surface area (TPSA) is 63.4 Å². The number of Topliss-reactive ketones (excluding diaryl/α,β-unsaturated/α-hetero) is 1. The molecule has 1 amide bonds. The van der Waals surface area contributed by atoms with Crippen LogP contribution in [0.5, 0.6) is 0 Å². The van der Waals surface area contributed by atoms with Crippen molar-refractivity contribution >= 4 is 11.7 Å². The smallest absolute Gasteiger partial charge is 0.227 e. The van der Waals surface area contributed by atoms with Crippen molar-refractivity contribution in [2.24, 2.45) is 11.1 Å². The largest absolute Gasteiger partial charge is 0.342 e. The Kier molecular flexibility index (Phi) is 4.47. The van der Waals surface area contributed by atoms with Gasteiger partial charge in [0.1, 0.15) is 0 Å². The molecule has 21 heavy (non-hydrogen) atoms. The van der Waals surface area contributed by atoms with Crippen LogP contribution in [-0.2, 0) is 11.2 Å². The number of nitrogens with zero attached hydrogens (tertiary/aromatic N) is 1. The first kappa shape index (κ1) is 15.7. The Hall–Kier alpha value is -1.68. The first-order valence-corrected chi connectivity index (χ1v) is 7.43. The van der Waals surface area contributed by atoms with Gasteiger partial charge in [-0.05, 0) is 24.3 Å². The molecular weight excluding hydrogens is 264 g/mol. The Morgan fingerprint density at radius 3 is 2.43 bits per heavy atom. The number of benzene rings is 1. The summed E-state index contributed by atoms with van der Waals surface area (Å²) in [6, 6.07) is 7.42. The van der Waals surface area contributed by atoms with Crippen LogP contribution in [0.4, 0.5) is 0 Å². The summed E-state index contributed by atoms with van der Waals surface area (Å²) < 4.78 is 0. The lowest BCUT2D eigenvalue weighted by molar-refractivity contribution is -0.133. The van der Waals surface area contributed by atoms with E-state index in [0.717, 1.165) is 18.5 Å². The fourth-order valence-electron chi connectivity index (χ4n) is 2.73. The molecule has 1 unspecified atom stereocenters. The predicted molar refractivity (Wildman–Crippen MR) is 83.1 cm³/mol. The van der Waals surface area contributed by atoms with Crippen molar-refractivity contribution in [1.82, 2.24) is 4.90 Å². The molecule has 0 bridgehead atoms. The van der Waals surface area contributed by atoms with Gasteiger partial charge in [-0.1, -0.05) is 38.1 Å². The van der Waals surface area contributed by atoms with Gasteiger partial charge in [0.05, 0.1) is 6.42 Å². The highest BCUT2D eigenvalue weighted by atomic mass is 16.2. The summed E-state index contributed by atoms with van der Waals surface area (Å²) in [5.74, 6) is 0.171. The van der Waals surface area contributed by atoms with Crippen LogP contribution < -0.4 is 5.73 Å². The van der Waals surface area contributed by atoms with Crippen LogP contribution in [0.1, 0.15) is 43.1 Å². The maximum Gasteiger partial charge on any atom is 0.227 e. The predicted octanol–water partition coefficient (Wildman–Crippen LogP) is 2.02. The second-order valence-electron chi connectivity index (χ2n) is 6.63. The zero-order chi connectivity index (χ0) is 15.6. The third kappa shape index (κ3) is 3.70. The van der Waals surface area contributed by atoms with E-state index in [4.69, 9.17) is 5.73 Å². The van der Waals surface area contributed by atoms with Gasteiger partial charge < -0.3 is 10.6 Å². The number of likely N-dealkylation sites (tertiary alicyclic amines) is 1. The molecule has 0 saturated carbocycles. The maximum atomic E-state index is 12.4. The van der Waals surface area contributed by atoms with Crippen LogP contribution in [0.25, 0.3) is 0 Å². The van der Waals surface area contributed by atoms with Gasteiger partial charge in [-0.25, -0.2) is 0 Å². The van der Waals surface area contributed by atoms with Crippen LogP contribution in [-0.4, -0.2) is 35.7 Å². The Morgan fingerprint density at radius 1 is 1.29 bits per heavy atom. The molecule has 1 fully saturated rings. The normalized spacial score (nSPS) is 21.1. The first-order chi connectivity index (χ1) is 9.79. The average molecular weight is 288 g/mol. The second-order valence-corrected chi connectivity index (χ2v) is 6.63. The molecule has 0 aromatic heterocycles. The van der Waals surface area contributed by atoms with Crippen molar-refractivity contribution in [3.05, 3.63) is 35.4 Å². The van der Waals surface area contributed by atoms with Crippen LogP contribution in [0.15, 0.2) is 24.3 Å². The third-order valence-electron chi connectivity index (χ3n) is 4.38. The number of ketones is 1. The first-order valence-electron chi connectivity index (χ1n) is 7.43. The van der Waals surface area contributed by atoms with E-state index in [1.807, 2.05) is 17.0 Å². The minimum atomic E-state index is -0.0353. The molecule has 0 aliphatic carbocycles. The maximum absolute atomic E-state index is 12.4. The number of rotatable bonds is 3. The number of piperidine rings is 1. The SMILES string of the molecule is CC(=O)c1ccc(CC(=O)N2CCC(N)C(C)(C)C2)cc1. The lowest BCUT2D eigenvalue weighted by Gasteiger charge is -2.42. The molecule has 4 nitrogen and oxygen atoms in total. The van der Waals surface area contributed by atoms with Gasteiger partial charge >= 0.3 is 0 Å². The van der Waals surface area contributed by atoms with Gasteiger partial charge in [-0.2, -0.15) is 0 Å². The molecular formula is C17H24N2O2. The van der Waals surface area contributed by atoms with Gasteiger partial charge in [-0.15, -0.1) is 0 Å². The molecule has 0 spiro atoms. The summed E-state index contributed by atoms with van der Waals surface area (Å²) in [5, 5.41) is 0. The Morgan fingerprint density at radius 2 is 1.90 bits per heavy atom. The van der Waals surface area contributed by atoms with Crippen molar-refractivity contribution < 1.29 is 9.59 Å². The number of hydrogen-bond donors (Lipinski definition) is 1. The minimum Gasteiger partial charge on any atom is -0.342 e. The zero-order valence-corrected chi connectivity index (χ0v) is 13.1. The molecule has 0 radical (unpaired) electrons. The number of carbonyl (C=O) groups is 2. The molecule has 1 aliphatic heterocycles. The molecule has 2 rings (SSSR count). The molecule has 1 heterocycles. The summed E-state index contributed by atoms with van der Waals surface area (Å²) in [5.41, 5.74) is 7.69. The Bertz CT molecular complexity index is 534. The molecule has 1 aromatic rings. The lowest BCUT2D eigenvalue weighted by Crippen LogP contribution is -2.54. The van der Waals surface area contributed by atoms with E-state index in [1.54, 1.807) is 19.1 Å². The van der Waals surface area contributed by atoms with Crippen LogP contribution in [0, 0.1) is 5.41 Å². The molecule has 1 saturated heterocycles. The van der Waals surface area contributed by atoms with Gasteiger partial charge in [0.15, 0.2) is 5.78 Å². The Labute approximate surface area is 126 Å². The summed E-state index contributed by atoms with van der Waals surface area (Å²) in [6.07, 6.45) is 1.23. The highest BCUT2D eigenvalue weighted by Gasteiger charge is 2.35. The summed E-state index contributed by atoms with van der Waals surface area (Å²) in [7, 11) is 0. The average Bonchev–Trinajstić information content (AvgIpc) is 2.42. The summed E-state index contributed by atoms with van der Waals surface area (Å²) in [4.78, 5) is 25.5. The summed E-state index contributed by atoms with van der Waals surface area (Å²) in [6.45, 7) is 7.20. The van der Waals surface area contributed by atoms with Gasteiger partial charge in [0, 0.05) is 24.7 Å². The standard InChI is InChI=1S/C17H24N2O2/c1-12(20)14-6-4-13(5-7-14)10-16(21)19-9-8-15(18)17(2,3)11-19/h4-7,15H,8-11,18H2,1-3H3. The minimum absolute atomic E-state index is 0.0353. The monoisotopic (exact) mass is 288 g/mol. The molecule has 1 aromatic carbocycles. The molecule has 114 valence electrons. The highest BCUT2D eigenvalue weighted by Crippen LogP contribution is 2.28. The van der Waals surface area contributed by atoms with Gasteiger partial charge in [0.25, 0.3) is 0 Å². The lowest BCUT2D eigenvalue weighted by atomic mass is 9.79. The fraction of sp³-hybridized carbons (Fsp3) is 0.529. The number of nitrogens with two attached hydrogens (primary N) is 1. The zero-order valence-electron chi connectivity index (χ0n) is 13.1. The Balaban J connectivity index is 2.00. The number of hydrogen-bond acceptors (Lipinski definition) is 3. The van der Waals surface area contributed by atoms with Crippen molar-refractivity contribution in [2.75, 3.05) is 13.1 Å². The van der Waals surface area contributed by atoms with Gasteiger partial charge in [-0.3, -0.25) is 9.59 Å². The van der Waals surface area contributed by atoms with Gasteiger partial charge in [0.2, 0.25) is 5.91 Å². The van der Waals surface area contributed by atoms with E-state index in [0.29, 0.717) is 18.5 Å². The quantitative estimate of drug-likeness (QED) is 0.865. The molecule has 4 heteroatoms. The third-order valence-corrected chi connectivity index (χ3v) is 4.38.